The second-order valence-electron chi connectivity index (χ2n) is 24.3. The number of benzene rings is 6. The molecule has 11 rings (SSSR count). The average Bonchev–Trinajstić information content (AvgIpc) is 3.58. The van der Waals surface area contributed by atoms with Crippen LogP contribution in [0.2, 0.25) is 0 Å². The molecule has 0 radical (unpaired) electrons. The number of rotatable bonds is 1. The summed E-state index contributed by atoms with van der Waals surface area (Å²) < 4.78 is 7.42. The van der Waals surface area contributed by atoms with Gasteiger partial charge < -0.3 is 14.1 Å². The summed E-state index contributed by atoms with van der Waals surface area (Å²) in [4.78, 5) is 5.34. The number of anilines is 5. The first-order valence-corrected chi connectivity index (χ1v) is 23.3. The van der Waals surface area contributed by atoms with E-state index in [0.29, 0.717) is 0 Å². The van der Waals surface area contributed by atoms with Crippen LogP contribution in [0.15, 0.2) is 108 Å². The third-order valence-electron chi connectivity index (χ3n) is 14.8. The summed E-state index contributed by atoms with van der Waals surface area (Å²) in [5, 5.41) is 1.17. The fourth-order valence-electron chi connectivity index (χ4n) is 11.1. The van der Waals surface area contributed by atoms with Crippen molar-refractivity contribution in [1.82, 2.24) is 0 Å². The Morgan fingerprint density at radius 3 is 1.48 bits per heavy atom. The number of nitrogens with zero attached hydrogens (tertiary/aromatic N) is 2. The first-order valence-electron chi connectivity index (χ1n) is 23.3. The van der Waals surface area contributed by atoms with Gasteiger partial charge in [-0.3, -0.25) is 0 Å². The van der Waals surface area contributed by atoms with E-state index in [1.807, 2.05) is 0 Å². The fraction of sp³-hybridized carbons (Fsp3) is 0.345. The second kappa shape index (κ2) is 12.6. The van der Waals surface area contributed by atoms with Gasteiger partial charge in [0.15, 0.2) is 0 Å². The maximum Gasteiger partial charge on any atom is 0.329 e. The summed E-state index contributed by atoms with van der Waals surface area (Å²) in [6.07, 6.45) is 0. The Morgan fingerprint density at radius 1 is 0.413 bits per heavy atom. The molecule has 5 heterocycles. The average molecular weight is 825 g/mol. The number of furan rings is 1. The van der Waals surface area contributed by atoms with Gasteiger partial charge in [0, 0.05) is 39.3 Å². The Balaban J connectivity index is 1.31. The van der Waals surface area contributed by atoms with Crippen molar-refractivity contribution in [2.45, 2.75) is 131 Å². The van der Waals surface area contributed by atoms with Crippen LogP contribution in [0.3, 0.4) is 0 Å². The molecule has 4 aliphatic rings. The van der Waals surface area contributed by atoms with Gasteiger partial charge >= 0.3 is 6.85 Å². The van der Waals surface area contributed by atoms with Gasteiger partial charge in [-0.25, -0.2) is 0 Å². The van der Waals surface area contributed by atoms with Crippen molar-refractivity contribution in [2.75, 3.05) is 9.71 Å². The maximum absolute atomic E-state index is 7.42. The standard InChI is InChI=1S/C58H62B2N2O/c1-54(2,3)33-16-21-38(22-17-33)61-47-26-25-41-39-23-18-35(56(7,8)9)30-44(39)60-45-31-36(57(10,11)12)19-24-40(45)42-29-37(58(13,14)15)32-46-50(42)62(60)51(41)49(47)59(46)53-52(61)43-28-34(55(4,5)6)20-27-48(43)63-53/h16-32H,1-15H3. The highest BCUT2D eigenvalue weighted by molar-refractivity contribution is 7.03. The fourth-order valence-corrected chi connectivity index (χ4v) is 11.1. The van der Waals surface area contributed by atoms with Gasteiger partial charge in [0.2, 0.25) is 0 Å². The van der Waals surface area contributed by atoms with Crippen molar-refractivity contribution in [2.24, 2.45) is 0 Å². The Kier molecular flexibility index (Phi) is 8.10. The maximum atomic E-state index is 7.42. The third kappa shape index (κ3) is 5.80. The summed E-state index contributed by atoms with van der Waals surface area (Å²) in [5.41, 5.74) is 25.6. The van der Waals surface area contributed by atoms with E-state index in [-0.39, 0.29) is 40.6 Å². The van der Waals surface area contributed by atoms with Crippen molar-refractivity contribution in [3.05, 3.63) is 131 Å². The van der Waals surface area contributed by atoms with E-state index in [1.165, 1.54) is 94.4 Å². The third-order valence-corrected chi connectivity index (χ3v) is 14.8. The molecule has 0 fully saturated rings. The lowest BCUT2D eigenvalue weighted by Crippen LogP contribution is -2.69. The molecule has 0 saturated heterocycles. The quantitative estimate of drug-likeness (QED) is 0.154. The van der Waals surface area contributed by atoms with Gasteiger partial charge in [0.25, 0.3) is 6.71 Å². The van der Waals surface area contributed by atoms with Gasteiger partial charge in [0.05, 0.1) is 11.3 Å². The Bertz CT molecular complexity index is 3100. The van der Waals surface area contributed by atoms with Gasteiger partial charge in [-0.2, -0.15) is 0 Å². The lowest BCUT2D eigenvalue weighted by atomic mass is 9.31. The summed E-state index contributed by atoms with van der Waals surface area (Å²) in [6, 6.07) is 41.0. The van der Waals surface area contributed by atoms with Crippen LogP contribution in [-0.4, -0.2) is 13.6 Å². The van der Waals surface area contributed by atoms with Crippen LogP contribution >= 0.6 is 0 Å². The molecule has 0 bridgehead atoms. The monoisotopic (exact) mass is 825 g/mol. The zero-order valence-corrected chi connectivity index (χ0v) is 40.3. The second-order valence-corrected chi connectivity index (χ2v) is 24.3. The molecule has 0 unspecified atom stereocenters. The molecule has 3 nitrogen and oxygen atoms in total. The lowest BCUT2D eigenvalue weighted by molar-refractivity contribution is 0.590. The van der Waals surface area contributed by atoms with E-state index >= 15 is 0 Å². The molecule has 0 amide bonds. The highest BCUT2D eigenvalue weighted by atomic mass is 16.3. The van der Waals surface area contributed by atoms with Crippen LogP contribution in [-0.2, 0) is 27.1 Å². The largest absolute Gasteiger partial charge is 0.468 e. The highest BCUT2D eigenvalue weighted by Gasteiger charge is 2.54. The van der Waals surface area contributed by atoms with E-state index < -0.39 is 0 Å². The molecular weight excluding hydrogens is 762 g/mol. The van der Waals surface area contributed by atoms with E-state index in [0.717, 1.165) is 22.6 Å². The molecule has 1 aromatic heterocycles. The first-order chi connectivity index (χ1) is 29.4. The number of hydrogen-bond acceptors (Lipinski definition) is 3. The molecule has 5 heteroatoms. The zero-order chi connectivity index (χ0) is 44.7. The van der Waals surface area contributed by atoms with Crippen molar-refractivity contribution in [1.29, 1.82) is 0 Å². The van der Waals surface area contributed by atoms with Gasteiger partial charge in [0.1, 0.15) is 5.58 Å². The number of fused-ring (bicyclic) bond motifs is 11. The Labute approximate surface area is 377 Å². The Morgan fingerprint density at radius 2 is 0.905 bits per heavy atom. The number of hydrogen-bond donors (Lipinski definition) is 0. The van der Waals surface area contributed by atoms with E-state index in [9.17, 15) is 0 Å². The van der Waals surface area contributed by atoms with E-state index in [4.69, 9.17) is 4.42 Å². The minimum Gasteiger partial charge on any atom is -0.468 e. The highest BCUT2D eigenvalue weighted by Crippen LogP contribution is 2.53. The Hall–Kier alpha value is -5.41. The molecule has 7 aromatic rings. The normalized spacial score (nSPS) is 15.1. The van der Waals surface area contributed by atoms with Crippen molar-refractivity contribution in [3.63, 3.8) is 0 Å². The van der Waals surface area contributed by atoms with E-state index in [1.54, 1.807) is 0 Å². The van der Waals surface area contributed by atoms with Crippen molar-refractivity contribution < 1.29 is 4.42 Å². The molecule has 4 aliphatic heterocycles. The van der Waals surface area contributed by atoms with Crippen LogP contribution in [0.4, 0.5) is 28.4 Å². The van der Waals surface area contributed by atoms with E-state index in [2.05, 4.69) is 217 Å². The van der Waals surface area contributed by atoms with Crippen LogP contribution in [0.25, 0.3) is 33.2 Å². The molecule has 0 aliphatic carbocycles. The molecule has 316 valence electrons. The van der Waals surface area contributed by atoms with Crippen LogP contribution < -0.4 is 37.2 Å². The minimum absolute atomic E-state index is 0.00116. The molecule has 63 heavy (non-hydrogen) atoms. The molecular formula is C58H62B2N2O. The molecule has 6 aromatic carbocycles. The molecule has 0 spiro atoms. The van der Waals surface area contributed by atoms with Crippen LogP contribution in [0, 0.1) is 0 Å². The summed E-state index contributed by atoms with van der Waals surface area (Å²) in [5.74, 6) is 0. The van der Waals surface area contributed by atoms with Gasteiger partial charge in [-0.15, -0.1) is 0 Å². The first kappa shape index (κ1) is 40.4. The summed E-state index contributed by atoms with van der Waals surface area (Å²) >= 11 is 0. The van der Waals surface area contributed by atoms with Crippen LogP contribution in [0.5, 0.6) is 0 Å². The van der Waals surface area contributed by atoms with Crippen LogP contribution in [0.1, 0.15) is 132 Å². The van der Waals surface area contributed by atoms with Crippen molar-refractivity contribution in [3.8, 4) is 22.3 Å². The molecule has 0 saturated carbocycles. The zero-order valence-electron chi connectivity index (χ0n) is 40.3. The topological polar surface area (TPSA) is 19.6 Å². The minimum atomic E-state index is -0.112. The van der Waals surface area contributed by atoms with Gasteiger partial charge in [-0.05, 0) is 124 Å². The lowest BCUT2D eigenvalue weighted by Gasteiger charge is -2.51. The van der Waals surface area contributed by atoms with Gasteiger partial charge in [-0.1, -0.05) is 171 Å². The summed E-state index contributed by atoms with van der Waals surface area (Å²) in [7, 11) is 0. The predicted octanol–water partition coefficient (Wildman–Crippen LogP) is 12.4. The summed E-state index contributed by atoms with van der Waals surface area (Å²) in [6.45, 7) is 34.9. The molecule has 0 atom stereocenters. The molecule has 0 N–H and O–H groups in total. The van der Waals surface area contributed by atoms with Crippen molar-refractivity contribution >= 4 is 80.5 Å². The predicted molar refractivity (Wildman–Crippen MR) is 274 cm³/mol. The smallest absolute Gasteiger partial charge is 0.329 e. The SMILES string of the molecule is CC(C)(C)c1ccc(N2c3ccc4c5c3B(c3cc(C(C)(C)C)cc6c3N5B(c3cc(C(C)(C)C)ccc3-6)c3cc(C(C)(C)C)ccc3-4)c3oc4ccc(C(C)(C)C)cc4c32)cc1.